The summed E-state index contributed by atoms with van der Waals surface area (Å²) in [7, 11) is 0. The first-order chi connectivity index (χ1) is 13.5. The fourth-order valence-electron chi connectivity index (χ4n) is 2.70. The van der Waals surface area contributed by atoms with Gasteiger partial charge in [0, 0.05) is 29.8 Å². The Labute approximate surface area is 168 Å². The fraction of sp³-hybridized carbons (Fsp3) is 0.333. The summed E-state index contributed by atoms with van der Waals surface area (Å²) < 4.78 is 31.8. The molecule has 0 aliphatic heterocycles. The minimum Gasteiger partial charge on any atom is -0.435 e. The highest BCUT2D eigenvalue weighted by Gasteiger charge is 2.12. The number of hydrogen-bond donors (Lipinski definition) is 1. The van der Waals surface area contributed by atoms with Gasteiger partial charge in [-0.25, -0.2) is 9.50 Å². The van der Waals surface area contributed by atoms with Gasteiger partial charge < -0.3 is 10.1 Å². The van der Waals surface area contributed by atoms with E-state index in [-0.39, 0.29) is 18.1 Å². The molecule has 1 amide bonds. The standard InChI is InChI=1S/C18H18BrF2N5O2/c19-14-4-5-15(28-17(20)21)13(8-14)3-6-16(27)22-7-1-2-12-9-23-18-24-11-25-26(18)10-12/h4-5,8-11,17H,1-3,6-7H2,(H,22,27). The van der Waals surface area contributed by atoms with Gasteiger partial charge in [0.1, 0.15) is 12.1 Å². The summed E-state index contributed by atoms with van der Waals surface area (Å²) >= 11 is 3.30. The summed E-state index contributed by atoms with van der Waals surface area (Å²) in [6.45, 7) is -2.40. The maximum absolute atomic E-state index is 12.5. The highest BCUT2D eigenvalue weighted by atomic mass is 79.9. The van der Waals surface area contributed by atoms with Crippen molar-refractivity contribution < 1.29 is 18.3 Å². The summed E-state index contributed by atoms with van der Waals surface area (Å²) in [5, 5.41) is 6.87. The lowest BCUT2D eigenvalue weighted by Crippen LogP contribution is -2.25. The average molecular weight is 454 g/mol. The number of rotatable bonds is 9. The van der Waals surface area contributed by atoms with Gasteiger partial charge in [-0.1, -0.05) is 15.9 Å². The molecule has 0 spiro atoms. The van der Waals surface area contributed by atoms with Crippen LogP contribution < -0.4 is 10.1 Å². The van der Waals surface area contributed by atoms with Crippen LogP contribution in [-0.4, -0.2) is 38.6 Å². The minimum atomic E-state index is -2.90. The van der Waals surface area contributed by atoms with Crippen LogP contribution in [0.5, 0.6) is 5.75 Å². The van der Waals surface area contributed by atoms with E-state index in [0.717, 1.165) is 22.9 Å². The molecule has 10 heteroatoms. The molecular weight excluding hydrogens is 436 g/mol. The van der Waals surface area contributed by atoms with E-state index in [9.17, 15) is 13.6 Å². The van der Waals surface area contributed by atoms with Crippen LogP contribution in [-0.2, 0) is 17.6 Å². The van der Waals surface area contributed by atoms with Crippen molar-refractivity contribution in [1.29, 1.82) is 0 Å². The lowest BCUT2D eigenvalue weighted by atomic mass is 10.1. The zero-order valence-electron chi connectivity index (χ0n) is 14.8. The number of carbonyl (C=O) groups is 1. The zero-order valence-corrected chi connectivity index (χ0v) is 16.4. The van der Waals surface area contributed by atoms with Crippen molar-refractivity contribution in [3.8, 4) is 5.75 Å². The number of alkyl halides is 2. The molecule has 0 atom stereocenters. The Morgan fingerprint density at radius 3 is 2.96 bits per heavy atom. The van der Waals surface area contributed by atoms with E-state index in [1.807, 2.05) is 6.20 Å². The number of hydrogen-bond acceptors (Lipinski definition) is 5. The lowest BCUT2D eigenvalue weighted by molar-refractivity contribution is -0.121. The molecule has 0 saturated carbocycles. The smallest absolute Gasteiger partial charge is 0.387 e. The molecule has 0 radical (unpaired) electrons. The van der Waals surface area contributed by atoms with Crippen molar-refractivity contribution >= 4 is 27.6 Å². The molecule has 0 bridgehead atoms. The number of nitrogens with one attached hydrogen (secondary N) is 1. The number of nitrogens with zero attached hydrogens (tertiary/aromatic N) is 4. The van der Waals surface area contributed by atoms with Crippen LogP contribution >= 0.6 is 15.9 Å². The van der Waals surface area contributed by atoms with E-state index >= 15 is 0 Å². The number of aryl methyl sites for hydroxylation is 2. The quantitative estimate of drug-likeness (QED) is 0.503. The first-order valence-corrected chi connectivity index (χ1v) is 9.45. The highest BCUT2D eigenvalue weighted by Crippen LogP contribution is 2.26. The van der Waals surface area contributed by atoms with Crippen LogP contribution in [0.25, 0.3) is 5.78 Å². The second-order valence-electron chi connectivity index (χ2n) is 6.05. The van der Waals surface area contributed by atoms with Gasteiger partial charge in [0.2, 0.25) is 5.91 Å². The third kappa shape index (κ3) is 5.69. The zero-order chi connectivity index (χ0) is 19.9. The number of amides is 1. The van der Waals surface area contributed by atoms with Gasteiger partial charge in [0.05, 0.1) is 0 Å². The first-order valence-electron chi connectivity index (χ1n) is 8.65. The number of halogens is 3. The molecule has 2 heterocycles. The summed E-state index contributed by atoms with van der Waals surface area (Å²) in [6, 6.07) is 4.76. The van der Waals surface area contributed by atoms with Gasteiger partial charge in [0.25, 0.3) is 5.78 Å². The lowest BCUT2D eigenvalue weighted by Gasteiger charge is -2.11. The van der Waals surface area contributed by atoms with Crippen molar-refractivity contribution in [2.75, 3.05) is 6.54 Å². The Morgan fingerprint density at radius 2 is 2.14 bits per heavy atom. The van der Waals surface area contributed by atoms with Gasteiger partial charge >= 0.3 is 6.61 Å². The molecular formula is C18H18BrF2N5O2. The second kappa shape index (κ2) is 9.54. The molecule has 0 aliphatic carbocycles. The van der Waals surface area contributed by atoms with Crippen LogP contribution in [0.3, 0.4) is 0 Å². The molecule has 3 aromatic rings. The van der Waals surface area contributed by atoms with Gasteiger partial charge in [-0.2, -0.15) is 18.9 Å². The normalized spacial score (nSPS) is 11.1. The van der Waals surface area contributed by atoms with Crippen molar-refractivity contribution in [2.45, 2.75) is 32.3 Å². The monoisotopic (exact) mass is 453 g/mol. The Morgan fingerprint density at radius 1 is 1.29 bits per heavy atom. The van der Waals surface area contributed by atoms with E-state index in [4.69, 9.17) is 0 Å². The Bertz CT molecular complexity index is 951. The predicted octanol–water partition coefficient (Wildman–Crippen LogP) is 3.17. The number of fused-ring (bicyclic) bond motifs is 1. The molecule has 3 rings (SSSR count). The van der Waals surface area contributed by atoms with E-state index in [2.05, 4.69) is 41.1 Å². The summed E-state index contributed by atoms with van der Waals surface area (Å²) in [6.07, 6.45) is 7.00. The van der Waals surface area contributed by atoms with E-state index < -0.39 is 6.61 Å². The maximum Gasteiger partial charge on any atom is 0.387 e. The van der Waals surface area contributed by atoms with Gasteiger partial charge in [-0.05, 0) is 48.6 Å². The average Bonchev–Trinajstić information content (AvgIpc) is 3.13. The van der Waals surface area contributed by atoms with E-state index in [0.29, 0.717) is 24.3 Å². The SMILES string of the molecule is O=C(CCc1cc(Br)ccc1OC(F)F)NCCCc1cnc2ncnn2c1. The fourth-order valence-corrected chi connectivity index (χ4v) is 3.11. The van der Waals surface area contributed by atoms with Crippen LogP contribution in [0.2, 0.25) is 0 Å². The van der Waals surface area contributed by atoms with Crippen molar-refractivity contribution in [1.82, 2.24) is 24.9 Å². The molecule has 1 N–H and O–H groups in total. The predicted molar refractivity (Wildman–Crippen MR) is 101 cm³/mol. The Hall–Kier alpha value is -2.62. The third-order valence-electron chi connectivity index (χ3n) is 4.01. The Kier molecular flexibility index (Phi) is 6.85. The number of benzene rings is 1. The van der Waals surface area contributed by atoms with Gasteiger partial charge in [-0.15, -0.1) is 0 Å². The molecule has 0 aliphatic rings. The first kappa shape index (κ1) is 20.1. The molecule has 2 aromatic heterocycles. The topological polar surface area (TPSA) is 81.4 Å². The molecule has 148 valence electrons. The Balaban J connectivity index is 1.42. The van der Waals surface area contributed by atoms with Crippen LogP contribution in [0.4, 0.5) is 8.78 Å². The largest absolute Gasteiger partial charge is 0.435 e. The van der Waals surface area contributed by atoms with Crippen LogP contribution in [0.1, 0.15) is 24.0 Å². The third-order valence-corrected chi connectivity index (χ3v) is 4.51. The van der Waals surface area contributed by atoms with Crippen molar-refractivity contribution in [3.05, 3.63) is 52.5 Å². The van der Waals surface area contributed by atoms with E-state index in [1.165, 1.54) is 12.4 Å². The van der Waals surface area contributed by atoms with E-state index in [1.54, 1.807) is 22.8 Å². The minimum absolute atomic E-state index is 0.0852. The summed E-state index contributed by atoms with van der Waals surface area (Å²) in [5.41, 5.74) is 1.55. The second-order valence-corrected chi connectivity index (χ2v) is 6.97. The number of ether oxygens (including phenoxy) is 1. The van der Waals surface area contributed by atoms with Crippen LogP contribution in [0, 0.1) is 0 Å². The molecule has 0 unspecified atom stereocenters. The van der Waals surface area contributed by atoms with Crippen LogP contribution in [0.15, 0.2) is 41.4 Å². The van der Waals surface area contributed by atoms with Gasteiger partial charge in [-0.3, -0.25) is 4.79 Å². The molecule has 0 fully saturated rings. The van der Waals surface area contributed by atoms with Crippen molar-refractivity contribution in [2.24, 2.45) is 0 Å². The molecule has 1 aromatic carbocycles. The number of aromatic nitrogens is 4. The molecule has 28 heavy (non-hydrogen) atoms. The highest BCUT2D eigenvalue weighted by molar-refractivity contribution is 9.10. The summed E-state index contributed by atoms with van der Waals surface area (Å²) in [5.74, 6) is 0.481. The summed E-state index contributed by atoms with van der Waals surface area (Å²) in [4.78, 5) is 20.2. The number of carbonyl (C=O) groups excluding carboxylic acids is 1. The maximum atomic E-state index is 12.5. The van der Waals surface area contributed by atoms with Gasteiger partial charge in [0.15, 0.2) is 0 Å². The molecule has 7 nitrogen and oxygen atoms in total. The molecule has 0 saturated heterocycles. The van der Waals surface area contributed by atoms with Crippen molar-refractivity contribution in [3.63, 3.8) is 0 Å².